The van der Waals surface area contributed by atoms with Gasteiger partial charge in [0.1, 0.15) is 0 Å². The fourth-order valence-corrected chi connectivity index (χ4v) is 2.23. The maximum atomic E-state index is 12.8. The molecular weight excluding hydrogens is 290 g/mol. The number of allylic oxidation sites excluding steroid dienone is 1. The van der Waals surface area contributed by atoms with Crippen molar-refractivity contribution in [3.8, 4) is 0 Å². The van der Waals surface area contributed by atoms with Crippen molar-refractivity contribution < 1.29 is 0 Å². The van der Waals surface area contributed by atoms with Crippen molar-refractivity contribution >= 4 is 23.1 Å². The number of nitrogens with zero attached hydrogens (tertiary/aromatic N) is 3. The van der Waals surface area contributed by atoms with Gasteiger partial charge in [0.15, 0.2) is 0 Å². The standard InChI is InChI=1S/C17H23N5O/c1-12(2)9-20-17-21-15-7-5-4-6-14(15)16(23)22(17)11-13(8-18)10-19-3/h4-8,10,12H,9,11,18H2,1-3H3,(H,20,21)/b13-8+,19-10?. The van der Waals surface area contributed by atoms with Gasteiger partial charge in [-0.2, -0.15) is 0 Å². The molecule has 0 unspecified atom stereocenters. The average molecular weight is 313 g/mol. The van der Waals surface area contributed by atoms with Crippen molar-refractivity contribution in [2.24, 2.45) is 16.6 Å². The van der Waals surface area contributed by atoms with E-state index in [1.54, 1.807) is 23.9 Å². The number of rotatable bonds is 6. The Morgan fingerprint density at radius 2 is 2.17 bits per heavy atom. The Morgan fingerprint density at radius 3 is 2.83 bits per heavy atom. The molecule has 2 aromatic rings. The summed E-state index contributed by atoms with van der Waals surface area (Å²) in [5.74, 6) is 0.986. The Balaban J connectivity index is 2.55. The molecule has 1 heterocycles. The number of nitrogens with one attached hydrogen (secondary N) is 1. The summed E-state index contributed by atoms with van der Waals surface area (Å²) in [6.07, 6.45) is 3.11. The SMILES string of the molecule is CN=C/C(=C\N)Cn1c(NCC(C)C)nc2ccccc2c1=O. The molecule has 0 saturated heterocycles. The molecule has 1 aromatic heterocycles. The number of aliphatic imine (C=N–C) groups is 1. The maximum Gasteiger partial charge on any atom is 0.263 e. The van der Waals surface area contributed by atoms with Crippen LogP contribution < -0.4 is 16.6 Å². The predicted octanol–water partition coefficient (Wildman–Crippen LogP) is 2.01. The normalized spacial score (nSPS) is 12.4. The van der Waals surface area contributed by atoms with Crippen molar-refractivity contribution in [3.63, 3.8) is 0 Å². The minimum Gasteiger partial charge on any atom is -0.404 e. The van der Waals surface area contributed by atoms with Crippen LogP contribution in [0.5, 0.6) is 0 Å². The first-order chi connectivity index (χ1) is 11.1. The summed E-state index contributed by atoms with van der Waals surface area (Å²) < 4.78 is 1.60. The van der Waals surface area contributed by atoms with Crippen molar-refractivity contribution in [3.05, 3.63) is 46.4 Å². The van der Waals surface area contributed by atoms with E-state index in [1.807, 2.05) is 18.2 Å². The van der Waals surface area contributed by atoms with Crippen LogP contribution in [0.4, 0.5) is 5.95 Å². The Labute approximate surface area is 135 Å². The predicted molar refractivity (Wildman–Crippen MR) is 96.0 cm³/mol. The van der Waals surface area contributed by atoms with Crippen LogP contribution in [0, 0.1) is 5.92 Å². The number of fused-ring (bicyclic) bond motifs is 1. The third-order valence-electron chi connectivity index (χ3n) is 3.38. The van der Waals surface area contributed by atoms with Gasteiger partial charge in [-0.05, 0) is 18.1 Å². The van der Waals surface area contributed by atoms with Gasteiger partial charge in [0, 0.05) is 31.6 Å². The smallest absolute Gasteiger partial charge is 0.263 e. The van der Waals surface area contributed by atoms with Gasteiger partial charge in [0.05, 0.1) is 17.4 Å². The monoisotopic (exact) mass is 313 g/mol. The number of hydrogen-bond acceptors (Lipinski definition) is 5. The fourth-order valence-electron chi connectivity index (χ4n) is 2.23. The molecule has 0 bridgehead atoms. The van der Waals surface area contributed by atoms with Crippen molar-refractivity contribution in [2.75, 3.05) is 18.9 Å². The van der Waals surface area contributed by atoms with Gasteiger partial charge in [0.2, 0.25) is 5.95 Å². The zero-order valence-corrected chi connectivity index (χ0v) is 13.8. The molecule has 6 heteroatoms. The summed E-state index contributed by atoms with van der Waals surface area (Å²) in [5, 5.41) is 3.85. The quantitative estimate of drug-likeness (QED) is 0.799. The molecule has 23 heavy (non-hydrogen) atoms. The molecule has 0 atom stereocenters. The zero-order valence-electron chi connectivity index (χ0n) is 13.8. The first-order valence-corrected chi connectivity index (χ1v) is 7.63. The van der Waals surface area contributed by atoms with E-state index in [4.69, 9.17) is 5.73 Å². The van der Waals surface area contributed by atoms with E-state index >= 15 is 0 Å². The molecule has 1 aromatic carbocycles. The minimum absolute atomic E-state index is 0.0919. The van der Waals surface area contributed by atoms with Crippen LogP contribution in [0.3, 0.4) is 0 Å². The van der Waals surface area contributed by atoms with Gasteiger partial charge in [-0.3, -0.25) is 14.4 Å². The Hall–Kier alpha value is -2.63. The molecule has 0 aliphatic heterocycles. The van der Waals surface area contributed by atoms with E-state index < -0.39 is 0 Å². The lowest BCUT2D eigenvalue weighted by Crippen LogP contribution is -2.27. The summed E-state index contributed by atoms with van der Waals surface area (Å²) in [7, 11) is 1.67. The third-order valence-corrected chi connectivity index (χ3v) is 3.38. The topological polar surface area (TPSA) is 85.3 Å². The van der Waals surface area contributed by atoms with Gasteiger partial charge in [-0.15, -0.1) is 0 Å². The van der Waals surface area contributed by atoms with Crippen LogP contribution in [0.25, 0.3) is 10.9 Å². The summed E-state index contributed by atoms with van der Waals surface area (Å²) in [6, 6.07) is 7.34. The van der Waals surface area contributed by atoms with Gasteiger partial charge in [-0.1, -0.05) is 26.0 Å². The second-order valence-electron chi connectivity index (χ2n) is 5.75. The van der Waals surface area contributed by atoms with Crippen molar-refractivity contribution in [1.29, 1.82) is 0 Å². The number of aromatic nitrogens is 2. The Bertz CT molecular complexity index is 789. The van der Waals surface area contributed by atoms with E-state index in [0.717, 1.165) is 12.1 Å². The molecule has 2 rings (SSSR count). The van der Waals surface area contributed by atoms with Crippen LogP contribution >= 0.6 is 0 Å². The number of benzene rings is 1. The van der Waals surface area contributed by atoms with Gasteiger partial charge >= 0.3 is 0 Å². The molecule has 0 aliphatic carbocycles. The maximum absolute atomic E-state index is 12.8. The highest BCUT2D eigenvalue weighted by Gasteiger charge is 2.12. The minimum atomic E-state index is -0.0919. The van der Waals surface area contributed by atoms with E-state index in [2.05, 4.69) is 29.1 Å². The first-order valence-electron chi connectivity index (χ1n) is 7.63. The summed E-state index contributed by atoms with van der Waals surface area (Å²) in [6.45, 7) is 5.26. The fraction of sp³-hybridized carbons (Fsp3) is 0.353. The highest BCUT2D eigenvalue weighted by molar-refractivity contribution is 5.80. The highest BCUT2D eigenvalue weighted by Crippen LogP contribution is 2.13. The lowest BCUT2D eigenvalue weighted by molar-refractivity contribution is 0.670. The molecule has 122 valence electrons. The van der Waals surface area contributed by atoms with Gasteiger partial charge in [0.25, 0.3) is 5.56 Å². The van der Waals surface area contributed by atoms with E-state index in [0.29, 0.717) is 29.3 Å². The van der Waals surface area contributed by atoms with E-state index in [-0.39, 0.29) is 5.56 Å². The molecule has 6 nitrogen and oxygen atoms in total. The van der Waals surface area contributed by atoms with Gasteiger partial charge < -0.3 is 11.1 Å². The second kappa shape index (κ2) is 7.58. The van der Waals surface area contributed by atoms with E-state index in [9.17, 15) is 4.79 Å². The number of anilines is 1. The molecule has 0 amide bonds. The van der Waals surface area contributed by atoms with Crippen LogP contribution in [0.1, 0.15) is 13.8 Å². The molecule has 3 N–H and O–H groups in total. The molecule has 0 radical (unpaired) electrons. The second-order valence-corrected chi connectivity index (χ2v) is 5.75. The molecule has 0 spiro atoms. The molecule has 0 aliphatic rings. The Morgan fingerprint density at radius 1 is 1.43 bits per heavy atom. The van der Waals surface area contributed by atoms with Crippen molar-refractivity contribution in [2.45, 2.75) is 20.4 Å². The van der Waals surface area contributed by atoms with Crippen molar-refractivity contribution in [1.82, 2.24) is 9.55 Å². The summed E-state index contributed by atoms with van der Waals surface area (Å²) in [5.41, 5.74) is 6.97. The largest absolute Gasteiger partial charge is 0.404 e. The first kappa shape index (κ1) is 16.7. The molecular formula is C17H23N5O. The molecule has 0 saturated carbocycles. The number of para-hydroxylation sites is 1. The zero-order chi connectivity index (χ0) is 16.8. The summed E-state index contributed by atoms with van der Waals surface area (Å²) >= 11 is 0. The summed E-state index contributed by atoms with van der Waals surface area (Å²) in [4.78, 5) is 21.4. The average Bonchev–Trinajstić information content (AvgIpc) is 2.55. The van der Waals surface area contributed by atoms with E-state index in [1.165, 1.54) is 6.20 Å². The third kappa shape index (κ3) is 3.97. The van der Waals surface area contributed by atoms with Crippen LogP contribution in [-0.2, 0) is 6.54 Å². The lowest BCUT2D eigenvalue weighted by atomic mass is 10.2. The molecule has 0 fully saturated rings. The number of nitrogens with two attached hydrogens (primary N) is 1. The highest BCUT2D eigenvalue weighted by atomic mass is 16.1. The van der Waals surface area contributed by atoms with Crippen LogP contribution in [0.2, 0.25) is 0 Å². The Kier molecular flexibility index (Phi) is 5.51. The van der Waals surface area contributed by atoms with Gasteiger partial charge in [-0.25, -0.2) is 4.98 Å². The lowest BCUT2D eigenvalue weighted by Gasteiger charge is -2.16. The number of hydrogen-bond donors (Lipinski definition) is 2. The van der Waals surface area contributed by atoms with Crippen LogP contribution in [0.15, 0.2) is 45.8 Å². The van der Waals surface area contributed by atoms with Crippen LogP contribution in [-0.4, -0.2) is 29.4 Å².